The Bertz CT molecular complexity index is 304. The maximum Gasteiger partial charge on any atom is 0.112 e. The number of aromatic nitrogens is 1. The van der Waals surface area contributed by atoms with E-state index in [0.717, 1.165) is 0 Å². The molecule has 0 amide bonds. The summed E-state index contributed by atoms with van der Waals surface area (Å²) in [4.78, 5) is 3.91. The summed E-state index contributed by atoms with van der Waals surface area (Å²) in [5, 5.41) is 10.3. The van der Waals surface area contributed by atoms with Crippen LogP contribution in [0.25, 0.3) is 0 Å². The van der Waals surface area contributed by atoms with Gasteiger partial charge in [-0.3, -0.25) is 4.98 Å². The molecule has 1 rings (SSSR count). The molecule has 0 aliphatic heterocycles. The van der Waals surface area contributed by atoms with Crippen LogP contribution in [-0.2, 0) is 0 Å². The molecule has 0 saturated heterocycles. The molecule has 0 fully saturated rings. The van der Waals surface area contributed by atoms with E-state index in [9.17, 15) is 5.11 Å². The van der Waals surface area contributed by atoms with Gasteiger partial charge >= 0.3 is 0 Å². The van der Waals surface area contributed by atoms with Crippen LogP contribution in [-0.4, -0.2) is 16.1 Å². The third-order valence-electron chi connectivity index (χ3n) is 1.61. The Labute approximate surface area is 86.5 Å². The Morgan fingerprint density at radius 1 is 1.54 bits per heavy atom. The highest BCUT2D eigenvalue weighted by Gasteiger charge is 2.17. The number of nitrogens with two attached hydrogens (primary N) is 1. The van der Waals surface area contributed by atoms with Crippen LogP contribution < -0.4 is 5.73 Å². The molecular formula is C8H10Cl2N2O. The Kier molecular flexibility index (Phi) is 3.50. The van der Waals surface area contributed by atoms with Crippen LogP contribution in [0.1, 0.15) is 18.7 Å². The van der Waals surface area contributed by atoms with E-state index in [4.69, 9.17) is 28.9 Å². The third-order valence-corrected chi connectivity index (χ3v) is 2.12. The lowest BCUT2D eigenvalue weighted by Gasteiger charge is -2.14. The van der Waals surface area contributed by atoms with Gasteiger partial charge in [0.2, 0.25) is 0 Å². The minimum absolute atomic E-state index is 0.331. The maximum absolute atomic E-state index is 9.55. The molecule has 5 heteroatoms. The lowest BCUT2D eigenvalue weighted by Crippen LogP contribution is -2.25. The lowest BCUT2D eigenvalue weighted by molar-refractivity contribution is 0.149. The van der Waals surface area contributed by atoms with E-state index in [1.807, 2.05) is 0 Å². The summed E-state index contributed by atoms with van der Waals surface area (Å²) < 4.78 is 0. The molecule has 0 aliphatic rings. The van der Waals surface area contributed by atoms with Crippen molar-refractivity contribution in [3.8, 4) is 0 Å². The van der Waals surface area contributed by atoms with Gasteiger partial charge in [0, 0.05) is 12.2 Å². The van der Waals surface area contributed by atoms with E-state index in [2.05, 4.69) is 4.98 Å². The van der Waals surface area contributed by atoms with Crippen LogP contribution in [0.15, 0.2) is 12.3 Å². The Hall–Kier alpha value is -0.350. The number of hydrogen-bond donors (Lipinski definition) is 2. The van der Waals surface area contributed by atoms with E-state index in [-0.39, 0.29) is 0 Å². The molecule has 0 aliphatic carbocycles. The zero-order valence-corrected chi connectivity index (χ0v) is 8.55. The van der Waals surface area contributed by atoms with Crippen molar-refractivity contribution >= 4 is 23.2 Å². The topological polar surface area (TPSA) is 59.1 Å². The predicted octanol–water partition coefficient (Wildman–Crippen LogP) is 1.77. The number of pyridine rings is 1. The number of halogens is 2. The quantitative estimate of drug-likeness (QED) is 0.799. The molecule has 1 heterocycles. The van der Waals surface area contributed by atoms with Crippen molar-refractivity contribution in [1.82, 2.24) is 4.98 Å². The van der Waals surface area contributed by atoms with Gasteiger partial charge in [0.15, 0.2) is 0 Å². The second kappa shape index (κ2) is 4.24. The molecule has 0 spiro atoms. The molecule has 3 N–H and O–H groups in total. The normalized spacial score (nSPS) is 15.5. The molecule has 0 unspecified atom stereocenters. The maximum atomic E-state index is 9.55. The number of nitrogens with zero attached hydrogens (tertiary/aromatic N) is 1. The first-order valence-corrected chi connectivity index (χ1v) is 4.52. The molecule has 2 atom stereocenters. The number of hydrogen-bond acceptors (Lipinski definition) is 3. The molecule has 72 valence electrons. The van der Waals surface area contributed by atoms with Crippen molar-refractivity contribution in [3.63, 3.8) is 0 Å². The second-order valence-corrected chi connectivity index (χ2v) is 3.67. The predicted molar refractivity (Wildman–Crippen MR) is 52.9 cm³/mol. The van der Waals surface area contributed by atoms with Crippen LogP contribution in [0.3, 0.4) is 0 Å². The van der Waals surface area contributed by atoms with Gasteiger partial charge < -0.3 is 10.8 Å². The standard InChI is InChI=1S/C8H10Cl2N2O/c1-4(11)8(13)7-6(10)2-5(9)3-12-7/h2-4,8,13H,11H2,1H3/t4-,8+/m0/s1. The van der Waals surface area contributed by atoms with Crippen molar-refractivity contribution < 1.29 is 5.11 Å². The molecule has 0 radical (unpaired) electrons. The first-order chi connectivity index (χ1) is 6.02. The van der Waals surface area contributed by atoms with Crippen molar-refractivity contribution in [3.05, 3.63) is 28.0 Å². The van der Waals surface area contributed by atoms with E-state index >= 15 is 0 Å². The second-order valence-electron chi connectivity index (χ2n) is 2.82. The summed E-state index contributed by atoms with van der Waals surface area (Å²) in [7, 11) is 0. The van der Waals surface area contributed by atoms with E-state index in [0.29, 0.717) is 15.7 Å². The molecule has 0 saturated carbocycles. The first-order valence-electron chi connectivity index (χ1n) is 3.77. The molecule has 0 bridgehead atoms. The van der Waals surface area contributed by atoms with Gasteiger partial charge in [0.05, 0.1) is 15.7 Å². The number of aliphatic hydroxyl groups excluding tert-OH is 1. The van der Waals surface area contributed by atoms with Gasteiger partial charge in [0.1, 0.15) is 6.10 Å². The largest absolute Gasteiger partial charge is 0.385 e. The molecule has 3 nitrogen and oxygen atoms in total. The molecule has 0 aromatic carbocycles. The Morgan fingerprint density at radius 3 is 2.62 bits per heavy atom. The molecule has 13 heavy (non-hydrogen) atoms. The van der Waals surface area contributed by atoms with Gasteiger partial charge in [-0.05, 0) is 13.0 Å². The fourth-order valence-corrected chi connectivity index (χ4v) is 1.38. The van der Waals surface area contributed by atoms with Gasteiger partial charge in [-0.2, -0.15) is 0 Å². The van der Waals surface area contributed by atoms with Crippen LogP contribution in [0.5, 0.6) is 0 Å². The van der Waals surface area contributed by atoms with E-state index in [1.165, 1.54) is 12.3 Å². The Morgan fingerprint density at radius 2 is 2.15 bits per heavy atom. The minimum Gasteiger partial charge on any atom is -0.385 e. The van der Waals surface area contributed by atoms with Gasteiger partial charge in [-0.15, -0.1) is 0 Å². The van der Waals surface area contributed by atoms with Gasteiger partial charge in [-0.25, -0.2) is 0 Å². The number of aliphatic hydroxyl groups is 1. The average Bonchev–Trinajstić information content (AvgIpc) is 2.03. The van der Waals surface area contributed by atoms with Crippen LogP contribution >= 0.6 is 23.2 Å². The summed E-state index contributed by atoms with van der Waals surface area (Å²) >= 11 is 11.4. The number of rotatable bonds is 2. The Balaban J connectivity index is 3.01. The summed E-state index contributed by atoms with van der Waals surface area (Å²) in [6.07, 6.45) is 0.568. The summed E-state index contributed by atoms with van der Waals surface area (Å²) in [6.45, 7) is 1.68. The van der Waals surface area contributed by atoms with Crippen LogP contribution in [0.2, 0.25) is 10.0 Å². The van der Waals surface area contributed by atoms with Crippen LogP contribution in [0, 0.1) is 0 Å². The average molecular weight is 221 g/mol. The van der Waals surface area contributed by atoms with Crippen molar-refractivity contribution in [2.24, 2.45) is 5.73 Å². The first kappa shape index (κ1) is 10.7. The van der Waals surface area contributed by atoms with Crippen molar-refractivity contribution in [1.29, 1.82) is 0 Å². The minimum atomic E-state index is -0.857. The van der Waals surface area contributed by atoms with E-state index in [1.54, 1.807) is 6.92 Å². The molecule has 1 aromatic heterocycles. The summed E-state index contributed by atoms with van der Waals surface area (Å²) in [5.74, 6) is 0. The summed E-state index contributed by atoms with van der Waals surface area (Å²) in [5.41, 5.74) is 5.86. The highest BCUT2D eigenvalue weighted by molar-refractivity contribution is 6.34. The lowest BCUT2D eigenvalue weighted by atomic mass is 10.1. The van der Waals surface area contributed by atoms with Gasteiger partial charge in [0.25, 0.3) is 0 Å². The highest BCUT2D eigenvalue weighted by Crippen LogP contribution is 2.24. The highest BCUT2D eigenvalue weighted by atomic mass is 35.5. The van der Waals surface area contributed by atoms with Crippen molar-refractivity contribution in [2.45, 2.75) is 19.1 Å². The zero-order valence-electron chi connectivity index (χ0n) is 7.04. The smallest absolute Gasteiger partial charge is 0.112 e. The SMILES string of the molecule is C[C@H](N)[C@@H](O)c1ncc(Cl)cc1Cl. The van der Waals surface area contributed by atoms with E-state index < -0.39 is 12.1 Å². The van der Waals surface area contributed by atoms with Crippen LogP contribution in [0.4, 0.5) is 0 Å². The monoisotopic (exact) mass is 220 g/mol. The fourth-order valence-electron chi connectivity index (χ4n) is 0.892. The summed E-state index contributed by atoms with van der Waals surface area (Å²) in [6, 6.07) is 1.11. The van der Waals surface area contributed by atoms with Gasteiger partial charge in [-0.1, -0.05) is 23.2 Å². The van der Waals surface area contributed by atoms with Crippen molar-refractivity contribution in [2.75, 3.05) is 0 Å². The fraction of sp³-hybridized carbons (Fsp3) is 0.375. The molecular weight excluding hydrogens is 211 g/mol. The zero-order chi connectivity index (χ0) is 10.0. The third kappa shape index (κ3) is 2.54. The molecule has 1 aromatic rings.